The van der Waals surface area contributed by atoms with Gasteiger partial charge in [-0.05, 0) is 172 Å². The molecule has 0 spiro atoms. The van der Waals surface area contributed by atoms with Crippen molar-refractivity contribution < 1.29 is 0 Å². The summed E-state index contributed by atoms with van der Waals surface area (Å²) in [7, 11) is 0. The van der Waals surface area contributed by atoms with Crippen molar-refractivity contribution in [3.05, 3.63) is 86.0 Å². The largest absolute Gasteiger partial charge is 0.308 e. The Morgan fingerprint density at radius 1 is 0.600 bits per heavy atom. The van der Waals surface area contributed by atoms with Gasteiger partial charge in [0.15, 0.2) is 0 Å². The molecule has 3 heteroatoms. The van der Waals surface area contributed by atoms with Crippen LogP contribution in [-0.4, -0.2) is 4.40 Å². The molecule has 0 N–H and O–H groups in total. The fraction of sp³-hybridized carbons (Fsp3) is 0.500. The maximum atomic E-state index is 11.2. The second-order valence-corrected chi connectivity index (χ2v) is 21.8. The molecule has 0 radical (unpaired) electrons. The number of hydrogen-bond acceptors (Lipinski definition) is 2. The SMILES string of the molecule is CC(C)(C)c1cc(C(C)(C)C)c2c3c4c(c(C#N)cc3n3c5cc(C#N)c6c(c5c1c23)-c1cc2c(cc1C6(C)C)C1CC3CC(CC2C3)C1)C1CCC4CC1. The van der Waals surface area contributed by atoms with Crippen molar-refractivity contribution in [2.75, 3.05) is 0 Å². The molecule has 8 aliphatic rings. The summed E-state index contributed by atoms with van der Waals surface area (Å²) in [6.45, 7) is 19.1. The van der Waals surface area contributed by atoms with Crippen molar-refractivity contribution in [2.45, 2.75) is 153 Å². The molecule has 2 heterocycles. The first-order valence-corrected chi connectivity index (χ1v) is 21.6. The van der Waals surface area contributed by atoms with Crippen molar-refractivity contribution in [1.29, 1.82) is 10.5 Å². The summed E-state index contributed by atoms with van der Waals surface area (Å²) in [5.41, 5.74) is 19.0. The van der Waals surface area contributed by atoms with Gasteiger partial charge < -0.3 is 4.40 Å². The van der Waals surface area contributed by atoms with Crippen LogP contribution in [0.3, 0.4) is 0 Å². The van der Waals surface area contributed by atoms with Crippen molar-refractivity contribution in [1.82, 2.24) is 4.40 Å². The molecular weight excluding hydrogens is 667 g/mol. The lowest BCUT2D eigenvalue weighted by atomic mass is 9.64. The summed E-state index contributed by atoms with van der Waals surface area (Å²) in [5.74, 6) is 4.06. The number of nitriles is 2. The topological polar surface area (TPSA) is 52.0 Å². The molecule has 0 aliphatic heterocycles. The van der Waals surface area contributed by atoms with E-state index in [1.54, 1.807) is 11.1 Å². The third-order valence-electron chi connectivity index (χ3n) is 16.4. The van der Waals surface area contributed by atoms with Gasteiger partial charge in [0, 0.05) is 27.0 Å². The van der Waals surface area contributed by atoms with Crippen LogP contribution in [0.1, 0.15) is 192 Å². The maximum absolute atomic E-state index is 11.2. The van der Waals surface area contributed by atoms with Gasteiger partial charge in [0.1, 0.15) is 0 Å². The molecule has 3 fully saturated rings. The lowest BCUT2D eigenvalue weighted by molar-refractivity contribution is 0.166. The first-order valence-electron chi connectivity index (χ1n) is 21.6. The number of rotatable bonds is 0. The molecule has 2 unspecified atom stereocenters. The van der Waals surface area contributed by atoms with Gasteiger partial charge in [-0.2, -0.15) is 10.5 Å². The van der Waals surface area contributed by atoms with E-state index in [1.165, 1.54) is 135 Å². The first-order chi connectivity index (χ1) is 26.2. The Bertz CT molecular complexity index is 2830. The summed E-state index contributed by atoms with van der Waals surface area (Å²) >= 11 is 0. The second-order valence-electron chi connectivity index (χ2n) is 21.8. The van der Waals surface area contributed by atoms with Crippen molar-refractivity contribution in [2.24, 2.45) is 11.8 Å². The van der Waals surface area contributed by atoms with Crippen LogP contribution in [0.25, 0.3) is 49.2 Å². The minimum absolute atomic E-state index is 0.0919. The lowest BCUT2D eigenvalue weighted by Crippen LogP contribution is -2.25. The van der Waals surface area contributed by atoms with E-state index in [9.17, 15) is 10.5 Å². The van der Waals surface area contributed by atoms with E-state index >= 15 is 0 Å². The van der Waals surface area contributed by atoms with Crippen LogP contribution in [0.4, 0.5) is 0 Å². The molecular formula is C52H53N3. The van der Waals surface area contributed by atoms with Crippen LogP contribution in [0.15, 0.2) is 30.3 Å². The van der Waals surface area contributed by atoms with Crippen molar-refractivity contribution in [3.63, 3.8) is 0 Å². The molecule has 14 rings (SSSR count). The Kier molecular flexibility index (Phi) is 6.06. The molecule has 0 saturated heterocycles. The summed E-state index contributed by atoms with van der Waals surface area (Å²) in [5, 5.41) is 27.5. The van der Waals surface area contributed by atoms with Crippen LogP contribution in [-0.2, 0) is 16.2 Å². The highest BCUT2D eigenvalue weighted by Crippen LogP contribution is 2.63. The Balaban J connectivity index is 1.31. The van der Waals surface area contributed by atoms with E-state index in [0.29, 0.717) is 23.7 Å². The van der Waals surface area contributed by atoms with Crippen LogP contribution in [0.2, 0.25) is 0 Å². The molecule has 3 saturated carbocycles. The zero-order valence-corrected chi connectivity index (χ0v) is 34.1. The zero-order chi connectivity index (χ0) is 37.8. The van der Waals surface area contributed by atoms with Gasteiger partial charge in [-0.3, -0.25) is 0 Å². The van der Waals surface area contributed by atoms with Crippen LogP contribution in [0, 0.1) is 34.5 Å². The average molecular weight is 720 g/mol. The van der Waals surface area contributed by atoms with Crippen LogP contribution < -0.4 is 0 Å². The third-order valence-corrected chi connectivity index (χ3v) is 16.4. The van der Waals surface area contributed by atoms with Gasteiger partial charge in [0.25, 0.3) is 0 Å². The Morgan fingerprint density at radius 3 is 1.71 bits per heavy atom. The fourth-order valence-corrected chi connectivity index (χ4v) is 14.4. The van der Waals surface area contributed by atoms with E-state index in [1.807, 2.05) is 0 Å². The second kappa shape index (κ2) is 10.1. The van der Waals surface area contributed by atoms with Gasteiger partial charge in [-0.15, -0.1) is 0 Å². The standard InChI is InChI=1S/C52H53N3/c1-50(2,3)37-22-38(51(4,5)6)45-47-40(55-39-18-31(23-53)41-27-9-11-28(12-10-27)42(41)46(39)44(37)49(45)55)19-32(24-54)48-43(47)35-20-33-29-14-25-13-26(15-29)17-30(16-25)34(33)21-36(35)52(48,7)8/h18-22,25-30H,9-17H2,1-8H3. The molecule has 8 aliphatic carbocycles. The predicted molar refractivity (Wildman–Crippen MR) is 225 cm³/mol. The summed E-state index contributed by atoms with van der Waals surface area (Å²) in [6, 6.07) is 18.0. The van der Waals surface area contributed by atoms with Gasteiger partial charge in [0.2, 0.25) is 0 Å². The number of nitrogens with zero attached hydrogens (tertiary/aromatic N) is 3. The molecule has 6 aromatic rings. The van der Waals surface area contributed by atoms with E-state index in [0.717, 1.165) is 28.5 Å². The monoisotopic (exact) mass is 719 g/mol. The normalized spacial score (nSPS) is 27.1. The van der Waals surface area contributed by atoms with E-state index < -0.39 is 0 Å². The molecule has 0 amide bonds. The number of hydrogen-bond donors (Lipinski definition) is 0. The maximum Gasteiger partial charge on any atom is 0.0995 e. The van der Waals surface area contributed by atoms with E-state index in [4.69, 9.17) is 0 Å². The molecule has 276 valence electrons. The highest BCUT2D eigenvalue weighted by molar-refractivity contribution is 6.29. The summed E-state index contributed by atoms with van der Waals surface area (Å²) in [4.78, 5) is 0. The average Bonchev–Trinajstić information content (AvgIpc) is 3.70. The first kappa shape index (κ1) is 32.9. The fourth-order valence-electron chi connectivity index (χ4n) is 14.4. The zero-order valence-electron chi connectivity index (χ0n) is 34.1. The Labute approximate surface area is 326 Å². The molecule has 55 heavy (non-hydrogen) atoms. The smallest absolute Gasteiger partial charge is 0.0995 e. The lowest BCUT2D eigenvalue weighted by Gasteiger charge is -2.39. The van der Waals surface area contributed by atoms with Gasteiger partial charge in [0.05, 0.1) is 39.8 Å². The molecule has 3 nitrogen and oxygen atoms in total. The molecule has 2 atom stereocenters. The number of benzene rings is 4. The predicted octanol–water partition coefficient (Wildman–Crippen LogP) is 13.6. The van der Waals surface area contributed by atoms with Crippen molar-refractivity contribution in [3.8, 4) is 23.3 Å². The quantitative estimate of drug-likeness (QED) is 0.157. The van der Waals surface area contributed by atoms with Gasteiger partial charge >= 0.3 is 0 Å². The summed E-state index contributed by atoms with van der Waals surface area (Å²) < 4.78 is 2.55. The highest BCUT2D eigenvalue weighted by atomic mass is 14.9. The number of fused-ring (bicyclic) bond motifs is 12. The minimum Gasteiger partial charge on any atom is -0.308 e. The highest BCUT2D eigenvalue weighted by Gasteiger charge is 2.47. The molecule has 4 aromatic carbocycles. The number of aromatic nitrogens is 1. The Morgan fingerprint density at radius 2 is 1.13 bits per heavy atom. The Hall–Kier alpha value is -4.34. The van der Waals surface area contributed by atoms with Crippen LogP contribution >= 0.6 is 0 Å². The van der Waals surface area contributed by atoms with E-state index in [-0.39, 0.29) is 16.2 Å². The van der Waals surface area contributed by atoms with Gasteiger partial charge in [-0.1, -0.05) is 73.6 Å². The molecule has 6 bridgehead atoms. The van der Waals surface area contributed by atoms with Crippen molar-refractivity contribution >= 4 is 38.1 Å². The molecule has 2 aromatic heterocycles. The minimum atomic E-state index is -0.291. The van der Waals surface area contributed by atoms with Gasteiger partial charge in [-0.25, -0.2) is 0 Å². The third kappa shape index (κ3) is 3.92. The summed E-state index contributed by atoms with van der Waals surface area (Å²) in [6.07, 6.45) is 11.7. The van der Waals surface area contributed by atoms with Crippen LogP contribution in [0.5, 0.6) is 0 Å². The van der Waals surface area contributed by atoms with E-state index in [2.05, 4.69) is 102 Å².